The molecule has 0 radical (unpaired) electrons. The van der Waals surface area contributed by atoms with Gasteiger partial charge in [0.1, 0.15) is 5.75 Å². The first-order chi connectivity index (χ1) is 15.2. The van der Waals surface area contributed by atoms with Crippen molar-refractivity contribution in [3.05, 3.63) is 48.2 Å². The number of carbonyl (C=O) groups is 1. The Hall–Kier alpha value is -3.31. The van der Waals surface area contributed by atoms with E-state index >= 15 is 0 Å². The molecule has 0 saturated carbocycles. The summed E-state index contributed by atoms with van der Waals surface area (Å²) in [4.78, 5) is 14.9. The van der Waals surface area contributed by atoms with Crippen LogP contribution in [0.25, 0.3) is 0 Å². The van der Waals surface area contributed by atoms with Crippen LogP contribution in [0.4, 0.5) is 16.1 Å². The summed E-state index contributed by atoms with van der Waals surface area (Å²) in [6.07, 6.45) is 1.82. The van der Waals surface area contributed by atoms with Gasteiger partial charge in [-0.2, -0.15) is 5.10 Å². The van der Waals surface area contributed by atoms with Crippen molar-refractivity contribution in [1.29, 1.82) is 0 Å². The Bertz CT molecular complexity index is 1020. The summed E-state index contributed by atoms with van der Waals surface area (Å²) in [7, 11) is 3.06. The van der Waals surface area contributed by atoms with Crippen LogP contribution in [0, 0.1) is 0 Å². The molecule has 2 aromatic heterocycles. The lowest BCUT2D eigenvalue weighted by atomic mass is 10.1. The molecule has 1 amide bonds. The second-order valence-corrected chi connectivity index (χ2v) is 7.93. The van der Waals surface area contributed by atoms with Crippen LogP contribution in [0.3, 0.4) is 0 Å². The third-order valence-electron chi connectivity index (χ3n) is 4.92. The van der Waals surface area contributed by atoms with Crippen LogP contribution < -0.4 is 20.3 Å². The molecule has 0 bridgehead atoms. The predicted molar refractivity (Wildman–Crippen MR) is 118 cm³/mol. The molecule has 4 rings (SSSR count). The Kier molecular flexibility index (Phi) is 6.53. The largest absolute Gasteiger partial charge is 0.497 e. The van der Waals surface area contributed by atoms with E-state index in [1.807, 2.05) is 30.3 Å². The predicted octanol–water partition coefficient (Wildman–Crippen LogP) is 2.35. The van der Waals surface area contributed by atoms with Crippen molar-refractivity contribution in [3.63, 3.8) is 0 Å². The first-order valence-electron chi connectivity index (χ1n) is 9.76. The minimum absolute atomic E-state index is 0.210. The van der Waals surface area contributed by atoms with Crippen molar-refractivity contribution >= 4 is 33.3 Å². The zero-order valence-electron chi connectivity index (χ0n) is 17.2. The fourth-order valence-electron chi connectivity index (χ4n) is 3.42. The standard InChI is InChI=1S/C20H23N7O3S/c1-29-15-6-3-5-13(11-15)17(30-2)18(28)23-20-26-25-19(31-20)22-14-8-10-27(12-14)16-7-4-9-21-24-16/h3-7,9,11,14,17H,8,10,12H2,1-2H3,(H,22,25)(H,23,26,28)/t14-,17-/m1/s1. The number of methoxy groups -OCH3 is 2. The summed E-state index contributed by atoms with van der Waals surface area (Å²) in [6, 6.07) is 11.2. The van der Waals surface area contributed by atoms with Gasteiger partial charge in [-0.3, -0.25) is 10.1 Å². The highest BCUT2D eigenvalue weighted by atomic mass is 32.1. The molecule has 3 heterocycles. The fourth-order valence-corrected chi connectivity index (χ4v) is 4.15. The molecule has 1 aromatic carbocycles. The second kappa shape index (κ2) is 9.67. The van der Waals surface area contributed by atoms with Gasteiger partial charge in [0.2, 0.25) is 10.3 Å². The van der Waals surface area contributed by atoms with E-state index in [-0.39, 0.29) is 11.9 Å². The Labute approximate surface area is 183 Å². The number of benzene rings is 1. The lowest BCUT2D eigenvalue weighted by Crippen LogP contribution is -2.26. The Balaban J connectivity index is 1.35. The fraction of sp³-hybridized carbons (Fsp3) is 0.350. The van der Waals surface area contributed by atoms with E-state index in [1.54, 1.807) is 19.4 Å². The topological polar surface area (TPSA) is 114 Å². The maximum atomic E-state index is 12.7. The molecular formula is C20H23N7O3S. The molecule has 0 unspecified atom stereocenters. The Morgan fingerprint density at radius 3 is 2.84 bits per heavy atom. The average Bonchev–Trinajstić information content (AvgIpc) is 3.45. The molecule has 2 atom stereocenters. The summed E-state index contributed by atoms with van der Waals surface area (Å²) in [5.74, 6) is 1.19. The number of hydrogen-bond donors (Lipinski definition) is 2. The van der Waals surface area contributed by atoms with Crippen molar-refractivity contribution in [2.75, 3.05) is 42.8 Å². The van der Waals surface area contributed by atoms with E-state index < -0.39 is 6.10 Å². The molecule has 162 valence electrons. The zero-order chi connectivity index (χ0) is 21.6. The summed E-state index contributed by atoms with van der Waals surface area (Å²) in [6.45, 7) is 1.68. The number of nitrogens with one attached hydrogen (secondary N) is 2. The lowest BCUT2D eigenvalue weighted by Gasteiger charge is -2.16. The number of hydrogen-bond acceptors (Lipinski definition) is 10. The molecule has 1 aliphatic heterocycles. The molecule has 0 spiro atoms. The number of carbonyl (C=O) groups excluding carboxylic acids is 1. The first kappa shape index (κ1) is 20.9. The zero-order valence-corrected chi connectivity index (χ0v) is 18.0. The van der Waals surface area contributed by atoms with E-state index in [0.717, 1.165) is 25.3 Å². The van der Waals surface area contributed by atoms with Crippen molar-refractivity contribution in [1.82, 2.24) is 20.4 Å². The normalized spacial score (nSPS) is 16.7. The van der Waals surface area contributed by atoms with Crippen LogP contribution in [-0.2, 0) is 9.53 Å². The van der Waals surface area contributed by atoms with Crippen molar-refractivity contribution in [2.45, 2.75) is 18.6 Å². The van der Waals surface area contributed by atoms with Crippen LogP contribution >= 0.6 is 11.3 Å². The van der Waals surface area contributed by atoms with E-state index in [0.29, 0.717) is 21.6 Å². The molecule has 0 aliphatic carbocycles. The average molecular weight is 442 g/mol. The van der Waals surface area contributed by atoms with Gasteiger partial charge in [0, 0.05) is 32.4 Å². The smallest absolute Gasteiger partial charge is 0.259 e. The molecule has 1 fully saturated rings. The van der Waals surface area contributed by atoms with Gasteiger partial charge < -0.3 is 19.7 Å². The number of aromatic nitrogens is 4. The summed E-state index contributed by atoms with van der Waals surface area (Å²) in [5, 5.41) is 23.5. The minimum Gasteiger partial charge on any atom is -0.497 e. The number of anilines is 3. The SMILES string of the molecule is COc1cccc([C@@H](OC)C(=O)Nc2nnc(N[C@@H]3CCN(c4cccnn4)C3)s2)c1. The molecular weight excluding hydrogens is 418 g/mol. The van der Waals surface area contributed by atoms with Crippen molar-refractivity contribution < 1.29 is 14.3 Å². The van der Waals surface area contributed by atoms with Crippen LogP contribution in [0.1, 0.15) is 18.1 Å². The van der Waals surface area contributed by atoms with Crippen molar-refractivity contribution in [3.8, 4) is 5.75 Å². The van der Waals surface area contributed by atoms with Gasteiger partial charge in [0.05, 0.1) is 7.11 Å². The van der Waals surface area contributed by atoms with Crippen LogP contribution in [0.2, 0.25) is 0 Å². The molecule has 1 saturated heterocycles. The van der Waals surface area contributed by atoms with E-state index in [2.05, 4.69) is 35.9 Å². The molecule has 3 aromatic rings. The van der Waals surface area contributed by atoms with Gasteiger partial charge in [-0.25, -0.2) is 0 Å². The summed E-state index contributed by atoms with van der Waals surface area (Å²) in [5.41, 5.74) is 0.692. The van der Waals surface area contributed by atoms with Gasteiger partial charge in [0.25, 0.3) is 5.91 Å². The first-order valence-corrected chi connectivity index (χ1v) is 10.6. The van der Waals surface area contributed by atoms with Crippen LogP contribution in [-0.4, -0.2) is 59.7 Å². The number of amides is 1. The van der Waals surface area contributed by atoms with Crippen LogP contribution in [0.15, 0.2) is 42.6 Å². The molecule has 11 heteroatoms. The maximum absolute atomic E-state index is 12.7. The number of rotatable bonds is 8. The van der Waals surface area contributed by atoms with E-state index in [9.17, 15) is 4.79 Å². The van der Waals surface area contributed by atoms with Gasteiger partial charge in [-0.05, 0) is 36.2 Å². The Morgan fingerprint density at radius 2 is 2.06 bits per heavy atom. The third kappa shape index (κ3) is 5.06. The van der Waals surface area contributed by atoms with E-state index in [4.69, 9.17) is 9.47 Å². The van der Waals surface area contributed by atoms with E-state index in [1.165, 1.54) is 18.4 Å². The number of ether oxygens (including phenoxy) is 2. The lowest BCUT2D eigenvalue weighted by molar-refractivity contribution is -0.126. The summed E-state index contributed by atoms with van der Waals surface area (Å²) >= 11 is 1.28. The second-order valence-electron chi connectivity index (χ2n) is 6.95. The van der Waals surface area contributed by atoms with Gasteiger partial charge in [-0.1, -0.05) is 23.5 Å². The van der Waals surface area contributed by atoms with Gasteiger partial charge >= 0.3 is 0 Å². The molecule has 31 heavy (non-hydrogen) atoms. The molecule has 1 aliphatic rings. The number of nitrogens with zero attached hydrogens (tertiary/aromatic N) is 5. The Morgan fingerprint density at radius 1 is 1.19 bits per heavy atom. The third-order valence-corrected chi connectivity index (χ3v) is 5.69. The highest BCUT2D eigenvalue weighted by Gasteiger charge is 2.25. The van der Waals surface area contributed by atoms with Gasteiger partial charge in [-0.15, -0.1) is 15.3 Å². The highest BCUT2D eigenvalue weighted by molar-refractivity contribution is 7.19. The van der Waals surface area contributed by atoms with Gasteiger partial charge in [0.15, 0.2) is 11.9 Å². The van der Waals surface area contributed by atoms with Crippen molar-refractivity contribution in [2.24, 2.45) is 0 Å². The monoisotopic (exact) mass is 441 g/mol. The highest BCUT2D eigenvalue weighted by Crippen LogP contribution is 2.27. The van der Waals surface area contributed by atoms with Crippen LogP contribution in [0.5, 0.6) is 5.75 Å². The molecule has 2 N–H and O–H groups in total. The molecule has 10 nitrogen and oxygen atoms in total. The minimum atomic E-state index is -0.786. The summed E-state index contributed by atoms with van der Waals surface area (Å²) < 4.78 is 10.6. The quantitative estimate of drug-likeness (QED) is 0.543. The maximum Gasteiger partial charge on any atom is 0.259 e.